The molecule has 2 atom stereocenters. The number of aromatic nitrogens is 2. The lowest BCUT2D eigenvalue weighted by Crippen LogP contribution is -2.42. The second-order valence-corrected chi connectivity index (χ2v) is 8.86. The second-order valence-electron chi connectivity index (χ2n) is 8.86. The Bertz CT molecular complexity index is 1190. The Labute approximate surface area is 212 Å². The maximum Gasteiger partial charge on any atom is 0.449 e. The zero-order valence-electron chi connectivity index (χ0n) is 19.2. The monoisotopic (exact) mass is 557 g/mol. The first-order valence-corrected chi connectivity index (χ1v) is 11.1. The molecule has 0 unspecified atom stereocenters. The maximum atomic E-state index is 13.9. The van der Waals surface area contributed by atoms with Crippen molar-refractivity contribution < 1.29 is 40.3 Å². The van der Waals surface area contributed by atoms with Gasteiger partial charge < -0.3 is 20.1 Å². The minimum atomic E-state index is -4.86. The normalized spacial score (nSPS) is 18.4. The van der Waals surface area contributed by atoms with Crippen LogP contribution in [0.25, 0.3) is 0 Å². The van der Waals surface area contributed by atoms with Crippen LogP contribution in [0.15, 0.2) is 12.1 Å². The van der Waals surface area contributed by atoms with E-state index in [9.17, 15) is 40.3 Å². The van der Waals surface area contributed by atoms with Crippen LogP contribution < -0.4 is 5.73 Å². The van der Waals surface area contributed by atoms with Gasteiger partial charge in [0, 0.05) is 38.2 Å². The minimum absolute atomic E-state index is 0. The van der Waals surface area contributed by atoms with Crippen LogP contribution in [-0.2, 0) is 30.5 Å². The fourth-order valence-electron chi connectivity index (χ4n) is 4.45. The number of benzene rings is 1. The van der Waals surface area contributed by atoms with Crippen LogP contribution in [0.4, 0.5) is 30.7 Å². The van der Waals surface area contributed by atoms with Gasteiger partial charge in [0.1, 0.15) is 12.0 Å². The highest BCUT2D eigenvalue weighted by atomic mass is 35.5. The topological polar surface area (TPSA) is 84.5 Å². The molecule has 0 aliphatic carbocycles. The van der Waals surface area contributed by atoms with Crippen molar-refractivity contribution in [3.63, 3.8) is 0 Å². The Morgan fingerprint density at radius 2 is 1.73 bits per heavy atom. The van der Waals surface area contributed by atoms with E-state index in [1.807, 2.05) is 0 Å². The third kappa shape index (κ3) is 6.00. The fourth-order valence-corrected chi connectivity index (χ4v) is 4.45. The Morgan fingerprint density at radius 1 is 1.05 bits per heavy atom. The smallest absolute Gasteiger partial charge is 0.335 e. The summed E-state index contributed by atoms with van der Waals surface area (Å²) in [5.74, 6) is -6.40. The van der Waals surface area contributed by atoms with Crippen molar-refractivity contribution in [3.05, 3.63) is 52.4 Å². The zero-order valence-corrected chi connectivity index (χ0v) is 20.0. The number of amides is 2. The number of hydrogen-bond donors (Lipinski definition) is 1. The first-order valence-electron chi connectivity index (χ1n) is 11.1. The Morgan fingerprint density at radius 3 is 2.35 bits per heavy atom. The van der Waals surface area contributed by atoms with Crippen molar-refractivity contribution in [2.45, 2.75) is 50.7 Å². The lowest BCUT2D eigenvalue weighted by atomic mass is 10.0. The molecule has 7 nitrogen and oxygen atoms in total. The molecule has 2 aromatic rings. The van der Waals surface area contributed by atoms with E-state index in [0.717, 1.165) is 9.47 Å². The summed E-state index contributed by atoms with van der Waals surface area (Å²) in [5.41, 5.74) is 5.05. The lowest BCUT2D eigenvalue weighted by Gasteiger charge is -2.30. The van der Waals surface area contributed by atoms with Crippen molar-refractivity contribution in [3.8, 4) is 0 Å². The van der Waals surface area contributed by atoms with Gasteiger partial charge in [-0.25, -0.2) is 22.5 Å². The standard InChI is InChI=1S/C22H22F7N5O2.ClH/c23-12-1-2-33(9-12)20(36)19-17-10-32(3-4-34(17)21(31-19)22(27,28)29)18(35)7-13(30)5-11-6-15(25)16(26)8-14(11)24;/h6,8,12-13H,1-5,7,9-10,30H2;1H/t12-,13-;/m1./s1. The third-order valence-corrected chi connectivity index (χ3v) is 6.24. The van der Waals surface area contributed by atoms with Crippen molar-refractivity contribution in [1.29, 1.82) is 0 Å². The van der Waals surface area contributed by atoms with Gasteiger partial charge in [0.25, 0.3) is 5.91 Å². The number of nitrogens with zero attached hydrogens (tertiary/aromatic N) is 4. The van der Waals surface area contributed by atoms with Crippen LogP contribution in [0.3, 0.4) is 0 Å². The molecule has 1 fully saturated rings. The van der Waals surface area contributed by atoms with Gasteiger partial charge in [-0.1, -0.05) is 0 Å². The van der Waals surface area contributed by atoms with Gasteiger partial charge in [-0.2, -0.15) is 13.2 Å². The summed E-state index contributed by atoms with van der Waals surface area (Å²) in [6, 6.07) is 0.0140. The molecule has 15 heteroatoms. The van der Waals surface area contributed by atoms with E-state index < -0.39 is 59.2 Å². The summed E-state index contributed by atoms with van der Waals surface area (Å²) in [6.07, 6.45) is -6.73. The van der Waals surface area contributed by atoms with E-state index in [2.05, 4.69) is 4.98 Å². The number of carbonyl (C=O) groups excluding carboxylic acids is 2. The summed E-state index contributed by atoms with van der Waals surface area (Å²) < 4.78 is 95.6. The fraction of sp³-hybridized carbons (Fsp3) is 0.500. The third-order valence-electron chi connectivity index (χ3n) is 6.24. The van der Waals surface area contributed by atoms with Gasteiger partial charge in [-0.3, -0.25) is 9.59 Å². The number of fused-ring (bicyclic) bond motifs is 1. The van der Waals surface area contributed by atoms with E-state index >= 15 is 0 Å². The van der Waals surface area contributed by atoms with Gasteiger partial charge in [0.15, 0.2) is 17.3 Å². The molecule has 1 saturated heterocycles. The molecule has 0 spiro atoms. The number of imidazole rings is 1. The molecule has 2 aliphatic rings. The van der Waals surface area contributed by atoms with Crippen LogP contribution in [0.1, 0.15) is 40.4 Å². The van der Waals surface area contributed by atoms with Crippen molar-refractivity contribution >= 4 is 24.2 Å². The van der Waals surface area contributed by atoms with Gasteiger partial charge in [-0.15, -0.1) is 12.4 Å². The average Bonchev–Trinajstić information content (AvgIpc) is 3.40. The molecule has 4 rings (SSSR count). The highest BCUT2D eigenvalue weighted by Gasteiger charge is 2.43. The predicted molar refractivity (Wildman–Crippen MR) is 118 cm³/mol. The van der Waals surface area contributed by atoms with Gasteiger partial charge in [0.2, 0.25) is 11.7 Å². The van der Waals surface area contributed by atoms with Gasteiger partial charge in [-0.05, 0) is 24.5 Å². The summed E-state index contributed by atoms with van der Waals surface area (Å²) in [4.78, 5) is 31.5. The number of rotatable bonds is 5. The Balaban J connectivity index is 0.00000380. The summed E-state index contributed by atoms with van der Waals surface area (Å²) >= 11 is 0. The van der Waals surface area contributed by atoms with Crippen LogP contribution in [0, 0.1) is 17.5 Å². The van der Waals surface area contributed by atoms with E-state index in [4.69, 9.17) is 5.73 Å². The Kier molecular flexibility index (Phi) is 8.42. The number of alkyl halides is 4. The summed E-state index contributed by atoms with van der Waals surface area (Å²) in [6.45, 7) is -1.03. The van der Waals surface area contributed by atoms with Crippen LogP contribution in [-0.4, -0.2) is 63.0 Å². The van der Waals surface area contributed by atoms with E-state index in [1.165, 1.54) is 4.90 Å². The molecule has 1 aromatic heterocycles. The predicted octanol–water partition coefficient (Wildman–Crippen LogP) is 3.23. The number of hydrogen-bond acceptors (Lipinski definition) is 4. The SMILES string of the molecule is Cl.N[C@@H](CC(=O)N1CCn2c(C(F)(F)F)nc(C(=O)N3CC[C@@H](F)C3)c2C1)Cc1cc(F)c(F)cc1F. The highest BCUT2D eigenvalue weighted by molar-refractivity contribution is 5.94. The molecule has 0 radical (unpaired) electrons. The van der Waals surface area contributed by atoms with Crippen molar-refractivity contribution in [2.75, 3.05) is 19.6 Å². The van der Waals surface area contributed by atoms with E-state index in [0.29, 0.717) is 12.1 Å². The molecular formula is C22H23ClF7N5O2. The van der Waals surface area contributed by atoms with Crippen LogP contribution in [0.5, 0.6) is 0 Å². The minimum Gasteiger partial charge on any atom is -0.335 e. The first kappa shape index (κ1) is 28.7. The molecule has 1 aromatic carbocycles. The quantitative estimate of drug-likeness (QED) is 0.452. The number of nitrogens with two attached hydrogens (primary N) is 1. The number of likely N-dealkylation sites (tertiary alicyclic amines) is 1. The largest absolute Gasteiger partial charge is 0.449 e. The van der Waals surface area contributed by atoms with E-state index in [-0.39, 0.29) is 75.7 Å². The highest BCUT2D eigenvalue weighted by Crippen LogP contribution is 2.33. The molecule has 0 bridgehead atoms. The second kappa shape index (κ2) is 10.9. The molecule has 204 valence electrons. The van der Waals surface area contributed by atoms with Gasteiger partial charge >= 0.3 is 6.18 Å². The number of halogens is 8. The molecular weight excluding hydrogens is 535 g/mol. The first-order chi connectivity index (χ1) is 16.8. The average molecular weight is 558 g/mol. The summed E-state index contributed by atoms with van der Waals surface area (Å²) in [5, 5.41) is 0. The van der Waals surface area contributed by atoms with Crippen LogP contribution in [0.2, 0.25) is 0 Å². The van der Waals surface area contributed by atoms with Crippen molar-refractivity contribution in [1.82, 2.24) is 19.4 Å². The van der Waals surface area contributed by atoms with Gasteiger partial charge in [0.05, 0.1) is 18.8 Å². The molecule has 2 aliphatic heterocycles. The maximum absolute atomic E-state index is 13.9. The molecule has 37 heavy (non-hydrogen) atoms. The zero-order chi connectivity index (χ0) is 26.4. The molecule has 0 saturated carbocycles. The molecule has 2 amide bonds. The molecule has 2 N–H and O–H groups in total. The van der Waals surface area contributed by atoms with Crippen LogP contribution >= 0.6 is 12.4 Å². The van der Waals surface area contributed by atoms with E-state index in [1.54, 1.807) is 0 Å². The lowest BCUT2D eigenvalue weighted by molar-refractivity contribution is -0.148. The molecule has 3 heterocycles. The summed E-state index contributed by atoms with van der Waals surface area (Å²) in [7, 11) is 0. The van der Waals surface area contributed by atoms with Crippen molar-refractivity contribution in [2.24, 2.45) is 5.73 Å². The Hall–Kier alpha value is -2.87. The number of carbonyl (C=O) groups is 2.